The molecule has 2 aromatic carbocycles. The molecule has 0 amide bonds. The fraction of sp³-hybridized carbons (Fsp3) is 0.188. The van der Waals surface area contributed by atoms with Crippen LogP contribution in [0.5, 0.6) is 0 Å². The number of thiocarbonyl (C=S) groups is 1. The number of thioether (sulfide) groups is 2. The molecule has 2 rings (SSSR count). The number of rotatable bonds is 6. The number of nitro benzene ring substituents is 1. The maximum absolute atomic E-state index is 14.1. The highest BCUT2D eigenvalue weighted by Gasteiger charge is 2.17. The molecule has 0 radical (unpaired) electrons. The Morgan fingerprint density at radius 1 is 1.32 bits per heavy atom. The minimum Gasteiger partial charge on any atom is -0.479 e. The van der Waals surface area contributed by atoms with Gasteiger partial charge in [-0.05, 0) is 49.1 Å². The first-order chi connectivity index (χ1) is 11.9. The van der Waals surface area contributed by atoms with Crippen LogP contribution in [0, 0.1) is 21.7 Å². The lowest BCUT2D eigenvalue weighted by Crippen LogP contribution is -1.97. The molecule has 0 heterocycles. The van der Waals surface area contributed by atoms with Crippen LogP contribution >= 0.6 is 35.7 Å². The number of halogens is 2. The standard InChI is InChI=1S/C16H13F2NO3S3/c1-2-22-16(23)25-14-7-6-11(8-12(14)17)24-9-10-4-3-5-13(15(10)18)19(20)21/h3-8H,2,9H2,1H3. The first-order valence-corrected chi connectivity index (χ1v) is 9.32. The molecule has 2 aromatic rings. The number of hydrogen-bond acceptors (Lipinski definition) is 6. The lowest BCUT2D eigenvalue weighted by Gasteiger charge is -2.08. The van der Waals surface area contributed by atoms with Crippen LogP contribution in [0.1, 0.15) is 12.5 Å². The van der Waals surface area contributed by atoms with Crippen molar-refractivity contribution in [2.45, 2.75) is 22.5 Å². The van der Waals surface area contributed by atoms with Crippen LogP contribution in [-0.4, -0.2) is 15.9 Å². The Balaban J connectivity index is 2.07. The Kier molecular flexibility index (Phi) is 7.15. The van der Waals surface area contributed by atoms with E-state index in [2.05, 4.69) is 0 Å². The summed E-state index contributed by atoms with van der Waals surface area (Å²) in [5, 5.41) is 10.8. The summed E-state index contributed by atoms with van der Waals surface area (Å²) in [5.41, 5.74) is -0.379. The van der Waals surface area contributed by atoms with Crippen molar-refractivity contribution >= 4 is 45.8 Å². The molecule has 0 atom stereocenters. The predicted octanol–water partition coefficient (Wildman–Crippen LogP) is 5.58. The van der Waals surface area contributed by atoms with E-state index in [-0.39, 0.29) is 15.7 Å². The minimum atomic E-state index is -0.866. The normalized spacial score (nSPS) is 10.5. The maximum atomic E-state index is 14.1. The Bertz CT molecular complexity index is 802. The van der Waals surface area contributed by atoms with Gasteiger partial charge in [-0.25, -0.2) is 4.39 Å². The van der Waals surface area contributed by atoms with Crippen LogP contribution in [0.2, 0.25) is 0 Å². The highest BCUT2D eigenvalue weighted by molar-refractivity contribution is 8.22. The first kappa shape index (κ1) is 19.6. The topological polar surface area (TPSA) is 52.4 Å². The molecule has 0 aliphatic rings. The fourth-order valence-electron chi connectivity index (χ4n) is 1.87. The molecule has 0 aliphatic carbocycles. The van der Waals surface area contributed by atoms with Crippen molar-refractivity contribution in [3.05, 3.63) is 63.7 Å². The van der Waals surface area contributed by atoms with Crippen molar-refractivity contribution in [1.29, 1.82) is 0 Å². The summed E-state index contributed by atoms with van der Waals surface area (Å²) in [7, 11) is 0. The van der Waals surface area contributed by atoms with E-state index < -0.39 is 22.2 Å². The highest BCUT2D eigenvalue weighted by Crippen LogP contribution is 2.31. The minimum absolute atomic E-state index is 0.150. The van der Waals surface area contributed by atoms with Gasteiger partial charge in [0.25, 0.3) is 0 Å². The Morgan fingerprint density at radius 3 is 2.72 bits per heavy atom. The SMILES string of the molecule is CCOC(=S)Sc1ccc(SCc2cccc([N+](=O)[O-])c2F)cc1F. The molecule has 0 spiro atoms. The predicted molar refractivity (Wildman–Crippen MR) is 99.1 cm³/mol. The highest BCUT2D eigenvalue weighted by atomic mass is 32.2. The van der Waals surface area contributed by atoms with E-state index in [0.717, 1.165) is 17.8 Å². The van der Waals surface area contributed by atoms with Crippen LogP contribution in [0.4, 0.5) is 14.5 Å². The number of hydrogen-bond donors (Lipinski definition) is 0. The largest absolute Gasteiger partial charge is 0.479 e. The zero-order chi connectivity index (χ0) is 18.4. The summed E-state index contributed by atoms with van der Waals surface area (Å²) in [5.74, 6) is -1.18. The van der Waals surface area contributed by atoms with Gasteiger partial charge in [-0.1, -0.05) is 12.1 Å². The van der Waals surface area contributed by atoms with Gasteiger partial charge in [0.2, 0.25) is 10.2 Å². The second kappa shape index (κ2) is 9.12. The summed E-state index contributed by atoms with van der Waals surface area (Å²) in [4.78, 5) is 10.9. The first-order valence-electron chi connectivity index (χ1n) is 7.11. The van der Waals surface area contributed by atoms with Crippen LogP contribution < -0.4 is 0 Å². The van der Waals surface area contributed by atoms with Crippen molar-refractivity contribution in [3.8, 4) is 0 Å². The van der Waals surface area contributed by atoms with Crippen LogP contribution in [0.3, 0.4) is 0 Å². The molecule has 0 saturated carbocycles. The fourth-order valence-corrected chi connectivity index (χ4v) is 3.80. The molecule has 0 N–H and O–H groups in total. The van der Waals surface area contributed by atoms with E-state index in [0.29, 0.717) is 16.4 Å². The Hall–Kier alpha value is -1.71. The molecular formula is C16H13F2NO3S3. The van der Waals surface area contributed by atoms with Gasteiger partial charge < -0.3 is 4.74 Å². The van der Waals surface area contributed by atoms with Gasteiger partial charge in [0.05, 0.1) is 16.4 Å². The van der Waals surface area contributed by atoms with Gasteiger partial charge in [-0.3, -0.25) is 10.1 Å². The summed E-state index contributed by atoms with van der Waals surface area (Å²) in [6, 6.07) is 8.56. The second-order valence-electron chi connectivity index (χ2n) is 4.67. The zero-order valence-corrected chi connectivity index (χ0v) is 15.5. The Labute approximate surface area is 157 Å². The van der Waals surface area contributed by atoms with Crippen molar-refractivity contribution in [2.24, 2.45) is 0 Å². The molecule has 0 fully saturated rings. The third kappa shape index (κ3) is 5.38. The quantitative estimate of drug-likeness (QED) is 0.273. The molecule has 132 valence electrons. The van der Waals surface area contributed by atoms with Crippen molar-refractivity contribution < 1.29 is 18.4 Å². The average molecular weight is 401 g/mol. The summed E-state index contributed by atoms with van der Waals surface area (Å²) >= 11 is 7.16. The van der Waals surface area contributed by atoms with E-state index in [9.17, 15) is 18.9 Å². The van der Waals surface area contributed by atoms with E-state index in [4.69, 9.17) is 17.0 Å². The van der Waals surface area contributed by atoms with Gasteiger partial charge in [-0.2, -0.15) is 4.39 Å². The van der Waals surface area contributed by atoms with Crippen molar-refractivity contribution in [3.63, 3.8) is 0 Å². The third-order valence-corrected chi connectivity index (χ3v) is 5.25. The summed E-state index contributed by atoms with van der Waals surface area (Å²) in [6.45, 7) is 2.20. The van der Waals surface area contributed by atoms with E-state index in [1.807, 2.05) is 0 Å². The number of ether oxygens (including phenoxy) is 1. The van der Waals surface area contributed by atoms with Crippen molar-refractivity contribution in [2.75, 3.05) is 6.61 Å². The molecule has 0 saturated heterocycles. The number of nitro groups is 1. The lowest BCUT2D eigenvalue weighted by atomic mass is 10.2. The number of benzene rings is 2. The van der Waals surface area contributed by atoms with E-state index in [1.165, 1.54) is 30.0 Å². The molecule has 9 heteroatoms. The average Bonchev–Trinajstić information content (AvgIpc) is 2.56. The summed E-state index contributed by atoms with van der Waals surface area (Å²) in [6.07, 6.45) is 0. The maximum Gasteiger partial charge on any atom is 0.305 e. The van der Waals surface area contributed by atoms with Crippen LogP contribution in [0.25, 0.3) is 0 Å². The molecule has 0 aromatic heterocycles. The molecule has 0 unspecified atom stereocenters. The smallest absolute Gasteiger partial charge is 0.305 e. The monoisotopic (exact) mass is 401 g/mol. The van der Waals surface area contributed by atoms with Gasteiger partial charge in [-0.15, -0.1) is 11.8 Å². The Morgan fingerprint density at radius 2 is 2.08 bits per heavy atom. The molecule has 25 heavy (non-hydrogen) atoms. The summed E-state index contributed by atoms with van der Waals surface area (Å²) < 4.78 is 33.5. The molecule has 0 bridgehead atoms. The third-order valence-electron chi connectivity index (χ3n) is 3.01. The van der Waals surface area contributed by atoms with Gasteiger partial charge in [0.1, 0.15) is 5.82 Å². The van der Waals surface area contributed by atoms with Gasteiger partial charge in [0.15, 0.2) is 0 Å². The van der Waals surface area contributed by atoms with Crippen LogP contribution in [-0.2, 0) is 10.5 Å². The lowest BCUT2D eigenvalue weighted by molar-refractivity contribution is -0.387. The molecule has 0 aliphatic heterocycles. The van der Waals surface area contributed by atoms with Gasteiger partial charge >= 0.3 is 5.69 Å². The molecular weight excluding hydrogens is 388 g/mol. The second-order valence-corrected chi connectivity index (χ2v) is 7.37. The van der Waals surface area contributed by atoms with E-state index >= 15 is 0 Å². The molecule has 4 nitrogen and oxygen atoms in total. The van der Waals surface area contributed by atoms with Crippen molar-refractivity contribution in [1.82, 2.24) is 0 Å². The zero-order valence-electron chi connectivity index (χ0n) is 13.0. The number of nitrogens with zero attached hydrogens (tertiary/aromatic N) is 1. The van der Waals surface area contributed by atoms with Gasteiger partial charge in [0, 0.05) is 22.3 Å². The van der Waals surface area contributed by atoms with Crippen LogP contribution in [0.15, 0.2) is 46.2 Å². The van der Waals surface area contributed by atoms with E-state index in [1.54, 1.807) is 19.1 Å².